The van der Waals surface area contributed by atoms with Gasteiger partial charge >= 0.3 is 6.18 Å². The van der Waals surface area contributed by atoms with E-state index in [-0.39, 0.29) is 18.7 Å². The molecule has 1 aliphatic rings. The number of hydrogen-bond acceptors (Lipinski definition) is 3. The standard InChI is InChI=1S/C13H16F3N3O/c14-13(15,16)10-4-2-1-3-9(10)12(20)19-8-5-6-11(17)18-7-8/h5-7,9-10H,1-4H2,(H2,17,18)(H,19,20). The van der Waals surface area contributed by atoms with Crippen molar-refractivity contribution >= 4 is 17.4 Å². The lowest BCUT2D eigenvalue weighted by atomic mass is 9.78. The van der Waals surface area contributed by atoms with Crippen molar-refractivity contribution in [2.75, 3.05) is 11.1 Å². The zero-order valence-corrected chi connectivity index (χ0v) is 10.8. The van der Waals surface area contributed by atoms with Gasteiger partial charge in [-0.25, -0.2) is 4.98 Å². The third kappa shape index (κ3) is 3.40. The number of nitrogens with one attached hydrogen (secondary N) is 1. The lowest BCUT2D eigenvalue weighted by Crippen LogP contribution is -2.39. The molecule has 110 valence electrons. The summed E-state index contributed by atoms with van der Waals surface area (Å²) < 4.78 is 38.8. The van der Waals surface area contributed by atoms with Crippen molar-refractivity contribution in [2.45, 2.75) is 31.9 Å². The minimum absolute atomic E-state index is 0.0155. The van der Waals surface area contributed by atoms with E-state index in [0.29, 0.717) is 18.5 Å². The summed E-state index contributed by atoms with van der Waals surface area (Å²) in [5.41, 5.74) is 5.76. The zero-order valence-electron chi connectivity index (χ0n) is 10.8. The third-order valence-corrected chi connectivity index (χ3v) is 3.58. The number of hydrogen-bond donors (Lipinski definition) is 2. The first-order valence-corrected chi connectivity index (χ1v) is 6.47. The first-order chi connectivity index (χ1) is 9.38. The van der Waals surface area contributed by atoms with Crippen LogP contribution in [0.4, 0.5) is 24.7 Å². The summed E-state index contributed by atoms with van der Waals surface area (Å²) in [6.07, 6.45) is -1.57. The number of rotatable bonds is 2. The maximum absolute atomic E-state index is 12.9. The summed E-state index contributed by atoms with van der Waals surface area (Å²) in [5.74, 6) is -2.90. The SMILES string of the molecule is Nc1ccc(NC(=O)C2CCCCC2C(F)(F)F)cn1. The molecule has 2 rings (SSSR count). The monoisotopic (exact) mass is 287 g/mol. The van der Waals surface area contributed by atoms with Gasteiger partial charge < -0.3 is 11.1 Å². The van der Waals surface area contributed by atoms with E-state index in [1.54, 1.807) is 0 Å². The Kier molecular flexibility index (Phi) is 4.15. The lowest BCUT2D eigenvalue weighted by molar-refractivity contribution is -0.197. The van der Waals surface area contributed by atoms with E-state index in [4.69, 9.17) is 5.73 Å². The van der Waals surface area contributed by atoms with Crippen molar-refractivity contribution in [3.8, 4) is 0 Å². The van der Waals surface area contributed by atoms with Gasteiger partial charge in [0.25, 0.3) is 0 Å². The number of nitrogens with two attached hydrogens (primary N) is 1. The molecule has 0 aromatic carbocycles. The minimum atomic E-state index is -4.33. The highest BCUT2D eigenvalue weighted by molar-refractivity contribution is 5.92. The average molecular weight is 287 g/mol. The normalized spacial score (nSPS) is 23.4. The van der Waals surface area contributed by atoms with Crippen LogP contribution in [0.2, 0.25) is 0 Å². The Morgan fingerprint density at radius 1 is 1.30 bits per heavy atom. The second-order valence-corrected chi connectivity index (χ2v) is 5.00. The van der Waals surface area contributed by atoms with Crippen LogP contribution in [0.25, 0.3) is 0 Å². The zero-order chi connectivity index (χ0) is 14.8. The Morgan fingerprint density at radius 2 is 2.00 bits per heavy atom. The lowest BCUT2D eigenvalue weighted by Gasteiger charge is -2.31. The molecule has 1 aromatic rings. The summed E-state index contributed by atoms with van der Waals surface area (Å²) in [5, 5.41) is 2.48. The maximum Gasteiger partial charge on any atom is 0.392 e. The van der Waals surface area contributed by atoms with Crippen LogP contribution in [0.1, 0.15) is 25.7 Å². The van der Waals surface area contributed by atoms with Crippen LogP contribution in [-0.4, -0.2) is 17.1 Å². The summed E-state index contributed by atoms with van der Waals surface area (Å²) in [6, 6.07) is 3.00. The van der Waals surface area contributed by atoms with Crippen molar-refractivity contribution in [1.82, 2.24) is 4.98 Å². The molecule has 0 bridgehead atoms. The van der Waals surface area contributed by atoms with Crippen LogP contribution < -0.4 is 11.1 Å². The van der Waals surface area contributed by atoms with E-state index in [1.165, 1.54) is 18.3 Å². The highest BCUT2D eigenvalue weighted by Crippen LogP contribution is 2.41. The largest absolute Gasteiger partial charge is 0.392 e. The fraction of sp³-hybridized carbons (Fsp3) is 0.538. The molecule has 20 heavy (non-hydrogen) atoms. The number of amides is 1. The van der Waals surface area contributed by atoms with Crippen molar-refractivity contribution in [1.29, 1.82) is 0 Å². The van der Waals surface area contributed by atoms with Crippen LogP contribution in [0, 0.1) is 11.8 Å². The maximum atomic E-state index is 12.9. The van der Waals surface area contributed by atoms with Crippen molar-refractivity contribution in [2.24, 2.45) is 11.8 Å². The van der Waals surface area contributed by atoms with E-state index in [0.717, 1.165) is 0 Å². The van der Waals surface area contributed by atoms with Crippen molar-refractivity contribution in [3.05, 3.63) is 18.3 Å². The number of alkyl halides is 3. The molecule has 3 N–H and O–H groups in total. The van der Waals surface area contributed by atoms with Gasteiger partial charge in [0.1, 0.15) is 5.82 Å². The number of carbonyl (C=O) groups excluding carboxylic acids is 1. The minimum Gasteiger partial charge on any atom is -0.384 e. The first-order valence-electron chi connectivity index (χ1n) is 6.47. The highest BCUT2D eigenvalue weighted by atomic mass is 19.4. The molecule has 1 heterocycles. The molecule has 1 fully saturated rings. The number of anilines is 2. The van der Waals surface area contributed by atoms with E-state index in [2.05, 4.69) is 10.3 Å². The fourth-order valence-corrected chi connectivity index (χ4v) is 2.55. The van der Waals surface area contributed by atoms with Gasteiger partial charge in [-0.1, -0.05) is 12.8 Å². The Morgan fingerprint density at radius 3 is 2.60 bits per heavy atom. The Bertz CT molecular complexity index is 473. The van der Waals surface area contributed by atoms with Crippen molar-refractivity contribution in [3.63, 3.8) is 0 Å². The number of carbonyl (C=O) groups is 1. The Hall–Kier alpha value is -1.79. The molecule has 0 aliphatic heterocycles. The van der Waals surface area contributed by atoms with Gasteiger partial charge in [-0.2, -0.15) is 13.2 Å². The molecule has 1 saturated carbocycles. The number of nitrogens with zero attached hydrogens (tertiary/aromatic N) is 1. The van der Waals surface area contributed by atoms with Crippen LogP contribution >= 0.6 is 0 Å². The second-order valence-electron chi connectivity index (χ2n) is 5.00. The third-order valence-electron chi connectivity index (χ3n) is 3.58. The smallest absolute Gasteiger partial charge is 0.384 e. The quantitative estimate of drug-likeness (QED) is 0.878. The van der Waals surface area contributed by atoms with Gasteiger partial charge in [-0.05, 0) is 25.0 Å². The Balaban J connectivity index is 2.08. The van der Waals surface area contributed by atoms with Crippen LogP contribution in [0.5, 0.6) is 0 Å². The molecule has 2 atom stereocenters. The van der Waals surface area contributed by atoms with Gasteiger partial charge in [0.2, 0.25) is 5.91 Å². The molecule has 2 unspecified atom stereocenters. The number of aromatic nitrogens is 1. The van der Waals surface area contributed by atoms with E-state index >= 15 is 0 Å². The van der Waals surface area contributed by atoms with Gasteiger partial charge in [0.05, 0.1) is 17.8 Å². The molecule has 1 aliphatic carbocycles. The molecule has 0 spiro atoms. The predicted molar refractivity (Wildman–Crippen MR) is 68.8 cm³/mol. The van der Waals surface area contributed by atoms with Crippen molar-refractivity contribution < 1.29 is 18.0 Å². The average Bonchev–Trinajstić information content (AvgIpc) is 2.40. The van der Waals surface area contributed by atoms with Gasteiger partial charge in [-0.3, -0.25) is 4.79 Å². The topological polar surface area (TPSA) is 68.0 Å². The van der Waals surface area contributed by atoms with Gasteiger partial charge in [-0.15, -0.1) is 0 Å². The second kappa shape index (κ2) is 5.68. The summed E-state index contributed by atoms with van der Waals surface area (Å²) in [6.45, 7) is 0. The van der Waals surface area contributed by atoms with E-state index < -0.39 is 23.9 Å². The number of nitrogen functional groups attached to an aromatic ring is 1. The number of halogens is 3. The highest BCUT2D eigenvalue weighted by Gasteiger charge is 2.48. The molecule has 4 nitrogen and oxygen atoms in total. The van der Waals surface area contributed by atoms with Crippen LogP contribution in [0.3, 0.4) is 0 Å². The molecule has 0 saturated heterocycles. The molecule has 1 amide bonds. The van der Waals surface area contributed by atoms with Gasteiger partial charge in [0, 0.05) is 5.92 Å². The molecule has 1 aromatic heterocycles. The summed E-state index contributed by atoms with van der Waals surface area (Å²) >= 11 is 0. The van der Waals surface area contributed by atoms with Gasteiger partial charge in [0.15, 0.2) is 0 Å². The predicted octanol–water partition coefficient (Wildman–Crippen LogP) is 2.97. The van der Waals surface area contributed by atoms with E-state index in [9.17, 15) is 18.0 Å². The summed E-state index contributed by atoms with van der Waals surface area (Å²) in [4.78, 5) is 15.8. The molecular weight excluding hydrogens is 271 g/mol. The van der Waals surface area contributed by atoms with Crippen LogP contribution in [-0.2, 0) is 4.79 Å². The van der Waals surface area contributed by atoms with Crippen LogP contribution in [0.15, 0.2) is 18.3 Å². The molecule has 7 heteroatoms. The molecule has 0 radical (unpaired) electrons. The number of pyridine rings is 1. The molecular formula is C13H16F3N3O. The summed E-state index contributed by atoms with van der Waals surface area (Å²) in [7, 11) is 0. The van der Waals surface area contributed by atoms with E-state index in [1.807, 2.05) is 0 Å². The Labute approximate surface area is 114 Å². The first kappa shape index (κ1) is 14.6. The fourth-order valence-electron chi connectivity index (χ4n) is 2.55.